The summed E-state index contributed by atoms with van der Waals surface area (Å²) in [7, 11) is 0. The van der Waals surface area contributed by atoms with Gasteiger partial charge in [-0.2, -0.15) is 11.8 Å². The maximum Gasteiger partial charge on any atom is 0.0253 e. The molecular formula is C14H21BrN2S. The summed E-state index contributed by atoms with van der Waals surface area (Å²) in [5.41, 5.74) is 4.35. The Bertz CT molecular complexity index is 349. The van der Waals surface area contributed by atoms with Gasteiger partial charge in [-0.3, -0.25) is 11.3 Å². The third-order valence-corrected chi connectivity index (χ3v) is 5.17. The van der Waals surface area contributed by atoms with E-state index >= 15 is 0 Å². The van der Waals surface area contributed by atoms with Crippen LogP contribution in [0.1, 0.15) is 24.8 Å². The predicted octanol–water partition coefficient (Wildman–Crippen LogP) is 3.36. The molecule has 0 saturated carbocycles. The third-order valence-electron chi connectivity index (χ3n) is 3.59. The van der Waals surface area contributed by atoms with Crippen molar-refractivity contribution in [2.75, 3.05) is 11.5 Å². The molecule has 2 rings (SSSR count). The van der Waals surface area contributed by atoms with E-state index in [1.807, 2.05) is 0 Å². The summed E-state index contributed by atoms with van der Waals surface area (Å²) in [5, 5.41) is 0. The Morgan fingerprint density at radius 3 is 2.56 bits per heavy atom. The van der Waals surface area contributed by atoms with Crippen LogP contribution in [0, 0.1) is 5.92 Å². The van der Waals surface area contributed by atoms with Crippen LogP contribution in [0.15, 0.2) is 28.7 Å². The van der Waals surface area contributed by atoms with Crippen LogP contribution in [0.2, 0.25) is 0 Å². The highest BCUT2D eigenvalue weighted by molar-refractivity contribution is 9.10. The van der Waals surface area contributed by atoms with E-state index in [0.29, 0.717) is 6.04 Å². The summed E-state index contributed by atoms with van der Waals surface area (Å²) in [6.07, 6.45) is 4.92. The lowest BCUT2D eigenvalue weighted by Crippen LogP contribution is -2.38. The quantitative estimate of drug-likeness (QED) is 0.643. The zero-order valence-corrected chi connectivity index (χ0v) is 13.0. The molecule has 18 heavy (non-hydrogen) atoms. The molecule has 1 fully saturated rings. The Kier molecular flexibility index (Phi) is 6.02. The summed E-state index contributed by atoms with van der Waals surface area (Å²) in [6.45, 7) is 0. The van der Waals surface area contributed by atoms with Crippen LogP contribution in [-0.2, 0) is 6.42 Å². The van der Waals surface area contributed by atoms with Crippen LogP contribution in [0.4, 0.5) is 0 Å². The lowest BCUT2D eigenvalue weighted by Gasteiger charge is -2.26. The van der Waals surface area contributed by atoms with E-state index in [0.717, 1.165) is 16.8 Å². The molecule has 1 atom stereocenters. The number of benzene rings is 1. The summed E-state index contributed by atoms with van der Waals surface area (Å²) >= 11 is 5.55. The monoisotopic (exact) mass is 328 g/mol. The van der Waals surface area contributed by atoms with Crippen LogP contribution in [-0.4, -0.2) is 17.5 Å². The summed E-state index contributed by atoms with van der Waals surface area (Å²) in [5.74, 6) is 9.19. The molecule has 1 aliphatic heterocycles. The van der Waals surface area contributed by atoms with Gasteiger partial charge < -0.3 is 0 Å². The molecule has 1 saturated heterocycles. The van der Waals surface area contributed by atoms with Gasteiger partial charge in [-0.25, -0.2) is 0 Å². The Hall–Kier alpha value is -0.0300. The highest BCUT2D eigenvalue weighted by Crippen LogP contribution is 2.27. The number of thioether (sulfide) groups is 1. The molecule has 0 bridgehead atoms. The lowest BCUT2D eigenvalue weighted by atomic mass is 9.91. The second-order valence-corrected chi connectivity index (χ2v) is 7.13. The van der Waals surface area contributed by atoms with Crippen LogP contribution in [0.3, 0.4) is 0 Å². The minimum atomic E-state index is 0.402. The van der Waals surface area contributed by atoms with E-state index in [4.69, 9.17) is 5.84 Å². The molecule has 1 aromatic carbocycles. The fourth-order valence-corrected chi connectivity index (χ4v) is 3.97. The van der Waals surface area contributed by atoms with Crippen molar-refractivity contribution in [2.24, 2.45) is 11.8 Å². The fraction of sp³-hybridized carbons (Fsp3) is 0.571. The second-order valence-electron chi connectivity index (χ2n) is 4.99. The highest BCUT2D eigenvalue weighted by Gasteiger charge is 2.18. The minimum Gasteiger partial charge on any atom is -0.271 e. The number of hydrazine groups is 1. The highest BCUT2D eigenvalue weighted by atomic mass is 79.9. The molecule has 2 nitrogen and oxygen atoms in total. The number of halogens is 1. The first-order chi connectivity index (χ1) is 8.78. The molecule has 1 aliphatic rings. The van der Waals surface area contributed by atoms with Gasteiger partial charge in [-0.1, -0.05) is 28.1 Å². The molecule has 0 radical (unpaired) electrons. The molecule has 0 spiro atoms. The van der Waals surface area contributed by atoms with E-state index < -0.39 is 0 Å². The third kappa shape index (κ3) is 4.57. The lowest BCUT2D eigenvalue weighted by molar-refractivity contribution is 0.365. The smallest absolute Gasteiger partial charge is 0.0253 e. The van der Waals surface area contributed by atoms with Gasteiger partial charge in [0.2, 0.25) is 0 Å². The van der Waals surface area contributed by atoms with Crippen molar-refractivity contribution in [1.29, 1.82) is 0 Å². The van der Waals surface area contributed by atoms with Crippen molar-refractivity contribution in [2.45, 2.75) is 31.7 Å². The second kappa shape index (κ2) is 7.53. The van der Waals surface area contributed by atoms with Crippen LogP contribution >= 0.6 is 27.7 Å². The number of nitrogens with one attached hydrogen (secondary N) is 1. The molecule has 1 heterocycles. The number of hydrogen-bond donors (Lipinski definition) is 2. The van der Waals surface area contributed by atoms with Gasteiger partial charge in [0.15, 0.2) is 0 Å². The van der Waals surface area contributed by atoms with Crippen LogP contribution in [0.25, 0.3) is 0 Å². The molecule has 0 aromatic heterocycles. The summed E-state index contributed by atoms with van der Waals surface area (Å²) < 4.78 is 1.13. The standard InChI is InChI=1S/C14H21BrN2S/c15-13-3-1-11(2-4-13)9-14(17-16)10-12-5-7-18-8-6-12/h1-4,12,14,17H,5-10,16H2. The van der Waals surface area contributed by atoms with Crippen LogP contribution < -0.4 is 11.3 Å². The Morgan fingerprint density at radius 2 is 1.94 bits per heavy atom. The van der Waals surface area contributed by atoms with E-state index in [1.54, 1.807) is 0 Å². The van der Waals surface area contributed by atoms with Crippen molar-refractivity contribution < 1.29 is 0 Å². The summed E-state index contributed by atoms with van der Waals surface area (Å²) in [6, 6.07) is 8.94. The topological polar surface area (TPSA) is 38.0 Å². The molecule has 100 valence electrons. The number of nitrogens with two attached hydrogens (primary N) is 1. The fourth-order valence-electron chi connectivity index (χ4n) is 2.50. The van der Waals surface area contributed by atoms with Gasteiger partial charge in [-0.05, 0) is 60.8 Å². The normalized spacial score (nSPS) is 18.8. The van der Waals surface area contributed by atoms with Crippen molar-refractivity contribution in [3.63, 3.8) is 0 Å². The molecule has 1 aromatic rings. The van der Waals surface area contributed by atoms with E-state index in [-0.39, 0.29) is 0 Å². The van der Waals surface area contributed by atoms with Gasteiger partial charge in [0, 0.05) is 10.5 Å². The first-order valence-corrected chi connectivity index (χ1v) is 8.51. The maximum absolute atomic E-state index is 5.70. The van der Waals surface area contributed by atoms with E-state index in [1.165, 1.54) is 36.3 Å². The number of hydrogen-bond acceptors (Lipinski definition) is 3. The zero-order chi connectivity index (χ0) is 12.8. The molecule has 0 aliphatic carbocycles. The molecule has 0 amide bonds. The van der Waals surface area contributed by atoms with Crippen molar-refractivity contribution in [3.8, 4) is 0 Å². The van der Waals surface area contributed by atoms with Gasteiger partial charge >= 0.3 is 0 Å². The molecule has 1 unspecified atom stereocenters. The van der Waals surface area contributed by atoms with Gasteiger partial charge in [0.1, 0.15) is 0 Å². The Balaban J connectivity index is 1.86. The zero-order valence-electron chi connectivity index (χ0n) is 10.6. The van der Waals surface area contributed by atoms with E-state index in [2.05, 4.69) is 57.4 Å². The maximum atomic E-state index is 5.70. The Morgan fingerprint density at radius 1 is 1.28 bits per heavy atom. The predicted molar refractivity (Wildman–Crippen MR) is 83.6 cm³/mol. The van der Waals surface area contributed by atoms with E-state index in [9.17, 15) is 0 Å². The average Bonchev–Trinajstić information content (AvgIpc) is 2.41. The summed E-state index contributed by atoms with van der Waals surface area (Å²) in [4.78, 5) is 0. The van der Waals surface area contributed by atoms with Gasteiger partial charge in [0.05, 0.1) is 0 Å². The SMILES string of the molecule is NNC(Cc1ccc(Br)cc1)CC1CCSCC1. The average molecular weight is 329 g/mol. The van der Waals surface area contributed by atoms with Crippen molar-refractivity contribution in [3.05, 3.63) is 34.3 Å². The van der Waals surface area contributed by atoms with Crippen LogP contribution in [0.5, 0.6) is 0 Å². The first kappa shape index (κ1) is 14.4. The first-order valence-electron chi connectivity index (χ1n) is 6.56. The Labute approximate surface area is 122 Å². The van der Waals surface area contributed by atoms with Crippen molar-refractivity contribution in [1.82, 2.24) is 5.43 Å². The molecular weight excluding hydrogens is 308 g/mol. The van der Waals surface area contributed by atoms with Gasteiger partial charge in [-0.15, -0.1) is 0 Å². The molecule has 4 heteroatoms. The van der Waals surface area contributed by atoms with Crippen molar-refractivity contribution >= 4 is 27.7 Å². The molecule has 3 N–H and O–H groups in total. The van der Waals surface area contributed by atoms with Gasteiger partial charge in [0.25, 0.3) is 0 Å². The number of rotatable bonds is 5. The largest absolute Gasteiger partial charge is 0.271 e. The minimum absolute atomic E-state index is 0.402.